The maximum absolute atomic E-state index is 12.6. The van der Waals surface area contributed by atoms with Crippen LogP contribution in [-0.2, 0) is 16.6 Å². The molecule has 1 aromatic heterocycles. The molecule has 1 aliphatic heterocycles. The summed E-state index contributed by atoms with van der Waals surface area (Å²) in [5, 5.41) is 3.00. The van der Waals surface area contributed by atoms with Gasteiger partial charge in [-0.05, 0) is 42.5 Å². The highest BCUT2D eigenvalue weighted by atomic mass is 32.2. The maximum atomic E-state index is 12.6. The van der Waals surface area contributed by atoms with Gasteiger partial charge < -0.3 is 14.5 Å². The van der Waals surface area contributed by atoms with Crippen LogP contribution in [0, 0.1) is 0 Å². The zero-order valence-corrected chi connectivity index (χ0v) is 16.3. The van der Waals surface area contributed by atoms with Crippen LogP contribution >= 0.6 is 0 Å². The maximum Gasteiger partial charge on any atom is 0.251 e. The monoisotopic (exact) mass is 412 g/mol. The van der Waals surface area contributed by atoms with Gasteiger partial charge in [-0.2, -0.15) is 0 Å². The second-order valence-corrected chi connectivity index (χ2v) is 8.40. The molecule has 1 atom stereocenters. The Morgan fingerprint density at radius 2 is 1.83 bits per heavy atom. The quantitative estimate of drug-likeness (QED) is 0.649. The standard InChI is InChI=1S/C21H20N2O5S/c24-21(23-19-11-13-28-20-6-2-1-5-18(19)20)15-7-9-17(10-8-15)29(25,26)22-14-16-4-3-12-27-16/h1-10,12,19,22H,11,13-14H2,(H,23,24)/t19-/m0/s1. The molecule has 0 fully saturated rings. The fraction of sp³-hybridized carbons (Fsp3) is 0.190. The van der Waals surface area contributed by atoms with E-state index in [-0.39, 0.29) is 23.4 Å². The molecule has 0 saturated carbocycles. The number of para-hydroxylation sites is 1. The molecule has 0 spiro atoms. The van der Waals surface area contributed by atoms with Crippen molar-refractivity contribution in [3.05, 3.63) is 83.8 Å². The van der Waals surface area contributed by atoms with Gasteiger partial charge in [0.25, 0.3) is 5.91 Å². The lowest BCUT2D eigenvalue weighted by Gasteiger charge is -2.26. The van der Waals surface area contributed by atoms with Gasteiger partial charge in [0.2, 0.25) is 10.0 Å². The third kappa shape index (κ3) is 4.33. The third-order valence-electron chi connectivity index (χ3n) is 4.71. The highest BCUT2D eigenvalue weighted by Gasteiger charge is 2.23. The Kier molecular flexibility index (Phi) is 5.37. The molecule has 2 N–H and O–H groups in total. The van der Waals surface area contributed by atoms with Gasteiger partial charge in [0.05, 0.1) is 30.4 Å². The summed E-state index contributed by atoms with van der Waals surface area (Å²) in [6, 6.07) is 16.7. The van der Waals surface area contributed by atoms with Crippen molar-refractivity contribution in [2.24, 2.45) is 0 Å². The minimum atomic E-state index is -3.70. The van der Waals surface area contributed by atoms with Crippen molar-refractivity contribution in [2.75, 3.05) is 6.61 Å². The first-order valence-electron chi connectivity index (χ1n) is 9.18. The van der Waals surface area contributed by atoms with Gasteiger partial charge in [0.1, 0.15) is 11.5 Å². The zero-order valence-electron chi connectivity index (χ0n) is 15.5. The third-order valence-corrected chi connectivity index (χ3v) is 6.12. The van der Waals surface area contributed by atoms with Crippen LogP contribution in [0.2, 0.25) is 0 Å². The van der Waals surface area contributed by atoms with Crippen LogP contribution < -0.4 is 14.8 Å². The van der Waals surface area contributed by atoms with Gasteiger partial charge >= 0.3 is 0 Å². The number of hydrogen-bond donors (Lipinski definition) is 2. The summed E-state index contributed by atoms with van der Waals surface area (Å²) in [6.45, 7) is 0.585. The Hall–Kier alpha value is -3.10. The normalized spacial score (nSPS) is 15.9. The largest absolute Gasteiger partial charge is 0.493 e. The molecule has 4 rings (SSSR count). The van der Waals surface area contributed by atoms with Gasteiger partial charge in [-0.25, -0.2) is 13.1 Å². The molecule has 0 bridgehead atoms. The smallest absolute Gasteiger partial charge is 0.251 e. The van der Waals surface area contributed by atoms with Crippen molar-refractivity contribution in [3.8, 4) is 5.75 Å². The molecule has 1 aliphatic rings. The van der Waals surface area contributed by atoms with Crippen molar-refractivity contribution in [1.29, 1.82) is 0 Å². The van der Waals surface area contributed by atoms with Crippen LogP contribution in [0.25, 0.3) is 0 Å². The summed E-state index contributed by atoms with van der Waals surface area (Å²) in [7, 11) is -3.70. The predicted octanol–water partition coefficient (Wildman–Crippen LogP) is 3.01. The number of carbonyl (C=O) groups excluding carboxylic acids is 1. The predicted molar refractivity (Wildman–Crippen MR) is 106 cm³/mol. The molecule has 2 aromatic carbocycles. The zero-order chi connectivity index (χ0) is 20.3. The van der Waals surface area contributed by atoms with Crippen LogP contribution in [-0.4, -0.2) is 20.9 Å². The van der Waals surface area contributed by atoms with Crippen LogP contribution in [0.5, 0.6) is 5.75 Å². The number of sulfonamides is 1. The molecule has 150 valence electrons. The molecular formula is C21H20N2O5S. The SMILES string of the molecule is O=C(N[C@H]1CCOc2ccccc21)c1ccc(S(=O)(=O)NCc2ccco2)cc1. The lowest BCUT2D eigenvalue weighted by molar-refractivity contribution is 0.0924. The highest BCUT2D eigenvalue weighted by Crippen LogP contribution is 2.31. The van der Waals surface area contributed by atoms with Gasteiger partial charge in [-0.15, -0.1) is 0 Å². The average Bonchev–Trinajstić information content (AvgIpc) is 3.26. The summed E-state index contributed by atoms with van der Waals surface area (Å²) >= 11 is 0. The van der Waals surface area contributed by atoms with Gasteiger partial charge in [0, 0.05) is 17.5 Å². The number of amides is 1. The van der Waals surface area contributed by atoms with Crippen molar-refractivity contribution in [2.45, 2.75) is 23.9 Å². The summed E-state index contributed by atoms with van der Waals surface area (Å²) in [5.74, 6) is 1.02. The van der Waals surface area contributed by atoms with Crippen LogP contribution in [0.15, 0.2) is 76.2 Å². The van der Waals surface area contributed by atoms with Crippen molar-refractivity contribution in [3.63, 3.8) is 0 Å². The molecule has 0 saturated heterocycles. The Balaban J connectivity index is 1.43. The second kappa shape index (κ2) is 8.10. The van der Waals surface area contributed by atoms with E-state index >= 15 is 0 Å². The Labute approximate surface area is 168 Å². The molecule has 3 aromatic rings. The van der Waals surface area contributed by atoms with Gasteiger partial charge in [0.15, 0.2) is 0 Å². The fourth-order valence-electron chi connectivity index (χ4n) is 3.18. The summed E-state index contributed by atoms with van der Waals surface area (Å²) < 4.78 is 38.0. The molecule has 1 amide bonds. The van der Waals surface area contributed by atoms with Crippen molar-refractivity contribution in [1.82, 2.24) is 10.0 Å². The van der Waals surface area contributed by atoms with E-state index in [1.165, 1.54) is 30.5 Å². The van der Waals surface area contributed by atoms with E-state index in [0.29, 0.717) is 24.4 Å². The molecular weight excluding hydrogens is 392 g/mol. The summed E-state index contributed by atoms with van der Waals surface area (Å²) in [6.07, 6.45) is 2.15. The molecule has 7 nitrogen and oxygen atoms in total. The Morgan fingerprint density at radius 1 is 1.03 bits per heavy atom. The second-order valence-electron chi connectivity index (χ2n) is 6.63. The van der Waals surface area contributed by atoms with Crippen LogP contribution in [0.1, 0.15) is 34.1 Å². The van der Waals surface area contributed by atoms with Crippen molar-refractivity contribution < 1.29 is 22.4 Å². The summed E-state index contributed by atoms with van der Waals surface area (Å²) in [4.78, 5) is 12.7. The number of furan rings is 1. The van der Waals surface area contributed by atoms with E-state index < -0.39 is 10.0 Å². The number of benzene rings is 2. The van der Waals surface area contributed by atoms with E-state index in [9.17, 15) is 13.2 Å². The molecule has 0 radical (unpaired) electrons. The number of hydrogen-bond acceptors (Lipinski definition) is 5. The number of carbonyl (C=O) groups is 1. The number of rotatable bonds is 6. The van der Waals surface area contributed by atoms with E-state index in [1.807, 2.05) is 24.3 Å². The number of nitrogens with one attached hydrogen (secondary N) is 2. The minimum Gasteiger partial charge on any atom is -0.493 e. The number of ether oxygens (including phenoxy) is 1. The first kappa shape index (κ1) is 19.2. The highest BCUT2D eigenvalue weighted by molar-refractivity contribution is 7.89. The first-order chi connectivity index (χ1) is 14.0. The van der Waals surface area contributed by atoms with E-state index in [1.54, 1.807) is 12.1 Å². The molecule has 0 unspecified atom stereocenters. The van der Waals surface area contributed by atoms with Crippen LogP contribution in [0.4, 0.5) is 0 Å². The Bertz CT molecular complexity index is 1090. The van der Waals surface area contributed by atoms with Crippen molar-refractivity contribution >= 4 is 15.9 Å². The molecule has 2 heterocycles. The molecule has 29 heavy (non-hydrogen) atoms. The molecule has 8 heteroatoms. The van der Waals surface area contributed by atoms with E-state index in [4.69, 9.17) is 9.15 Å². The number of fused-ring (bicyclic) bond motifs is 1. The van der Waals surface area contributed by atoms with E-state index in [0.717, 1.165) is 11.3 Å². The lowest BCUT2D eigenvalue weighted by atomic mass is 10.00. The minimum absolute atomic E-state index is 0.0563. The topological polar surface area (TPSA) is 97.6 Å². The van der Waals surface area contributed by atoms with Crippen LogP contribution in [0.3, 0.4) is 0 Å². The van der Waals surface area contributed by atoms with E-state index in [2.05, 4.69) is 10.0 Å². The lowest BCUT2D eigenvalue weighted by Crippen LogP contribution is -2.32. The van der Waals surface area contributed by atoms with Gasteiger partial charge in [-0.3, -0.25) is 4.79 Å². The first-order valence-corrected chi connectivity index (χ1v) is 10.7. The fourth-order valence-corrected chi connectivity index (χ4v) is 4.18. The average molecular weight is 412 g/mol. The van der Waals surface area contributed by atoms with Gasteiger partial charge in [-0.1, -0.05) is 18.2 Å². The Morgan fingerprint density at radius 3 is 2.59 bits per heavy atom. The molecule has 0 aliphatic carbocycles. The summed E-state index contributed by atoms with van der Waals surface area (Å²) in [5.41, 5.74) is 1.33.